The first-order valence-electron chi connectivity index (χ1n) is 7.65. The Hall–Kier alpha value is -2.50. The van der Waals surface area contributed by atoms with Gasteiger partial charge in [-0.25, -0.2) is 9.97 Å². The van der Waals surface area contributed by atoms with Crippen LogP contribution in [0.1, 0.15) is 26.7 Å². The highest BCUT2D eigenvalue weighted by atomic mass is 15.4. The predicted octanol–water partition coefficient (Wildman–Crippen LogP) is 2.56. The van der Waals surface area contributed by atoms with Crippen LogP contribution in [0.5, 0.6) is 0 Å². The largest absolute Gasteiger partial charge is 0.335 e. The van der Waals surface area contributed by atoms with Crippen molar-refractivity contribution in [2.75, 3.05) is 4.90 Å². The van der Waals surface area contributed by atoms with E-state index in [0.29, 0.717) is 12.1 Å². The molecule has 0 atom stereocenters. The van der Waals surface area contributed by atoms with E-state index in [0.717, 1.165) is 22.7 Å². The van der Waals surface area contributed by atoms with Gasteiger partial charge in [-0.15, -0.1) is 0 Å². The molecule has 3 aromatic heterocycles. The molecule has 0 aliphatic heterocycles. The van der Waals surface area contributed by atoms with E-state index >= 15 is 0 Å². The second kappa shape index (κ2) is 5.05. The van der Waals surface area contributed by atoms with E-state index in [-0.39, 0.29) is 0 Å². The first kappa shape index (κ1) is 13.2. The summed E-state index contributed by atoms with van der Waals surface area (Å²) >= 11 is 0. The van der Waals surface area contributed by atoms with Crippen LogP contribution in [0.4, 0.5) is 5.95 Å². The second-order valence-corrected chi connectivity index (χ2v) is 5.93. The minimum absolute atomic E-state index is 0.397. The molecule has 0 amide bonds. The van der Waals surface area contributed by atoms with Gasteiger partial charge in [0.1, 0.15) is 0 Å². The normalized spacial score (nSPS) is 14.7. The van der Waals surface area contributed by atoms with Crippen molar-refractivity contribution < 1.29 is 0 Å². The van der Waals surface area contributed by atoms with E-state index in [2.05, 4.69) is 33.9 Å². The molecule has 1 aliphatic rings. The predicted molar refractivity (Wildman–Crippen MR) is 84.7 cm³/mol. The molecule has 3 heterocycles. The molecule has 3 aromatic rings. The first-order chi connectivity index (χ1) is 10.7. The molecule has 112 valence electrons. The number of fused-ring (bicyclic) bond motifs is 1. The smallest absolute Gasteiger partial charge is 0.226 e. The summed E-state index contributed by atoms with van der Waals surface area (Å²) in [6, 6.07) is 6.82. The van der Waals surface area contributed by atoms with Gasteiger partial charge in [0.05, 0.1) is 17.4 Å². The van der Waals surface area contributed by atoms with Crippen molar-refractivity contribution in [1.82, 2.24) is 24.8 Å². The standard InChI is InChI=1S/C16H18N6/c1-11(2)21(12-5-6-12)16-17-9-7-14(20-16)13-10-19-22-15(13)4-3-8-18-22/h3-4,7-12H,5-6H2,1-2H3. The van der Waals surface area contributed by atoms with Crippen LogP contribution < -0.4 is 4.90 Å². The van der Waals surface area contributed by atoms with Crippen molar-refractivity contribution in [3.8, 4) is 11.3 Å². The number of rotatable bonds is 4. The molecule has 0 bridgehead atoms. The van der Waals surface area contributed by atoms with Crippen LogP contribution in [-0.4, -0.2) is 36.9 Å². The van der Waals surface area contributed by atoms with Crippen molar-refractivity contribution in [3.63, 3.8) is 0 Å². The molecule has 1 saturated carbocycles. The third kappa shape index (κ3) is 2.20. The molecule has 0 N–H and O–H groups in total. The van der Waals surface area contributed by atoms with Gasteiger partial charge in [0, 0.05) is 30.0 Å². The fourth-order valence-electron chi connectivity index (χ4n) is 2.82. The van der Waals surface area contributed by atoms with Crippen LogP contribution >= 0.6 is 0 Å². The molecule has 4 rings (SSSR count). The zero-order valence-electron chi connectivity index (χ0n) is 12.7. The molecule has 1 aliphatic carbocycles. The first-order valence-corrected chi connectivity index (χ1v) is 7.65. The third-order valence-electron chi connectivity index (χ3n) is 3.95. The monoisotopic (exact) mass is 294 g/mol. The summed E-state index contributed by atoms with van der Waals surface area (Å²) in [6.45, 7) is 4.38. The number of nitrogens with zero attached hydrogens (tertiary/aromatic N) is 6. The summed E-state index contributed by atoms with van der Waals surface area (Å²) in [5.41, 5.74) is 2.82. The van der Waals surface area contributed by atoms with Crippen LogP contribution in [-0.2, 0) is 0 Å². The van der Waals surface area contributed by atoms with Crippen LogP contribution in [0, 0.1) is 0 Å². The van der Waals surface area contributed by atoms with Gasteiger partial charge in [0.2, 0.25) is 5.95 Å². The van der Waals surface area contributed by atoms with Gasteiger partial charge < -0.3 is 4.90 Å². The Kier molecular flexibility index (Phi) is 3.03. The van der Waals surface area contributed by atoms with Gasteiger partial charge in [-0.3, -0.25) is 0 Å². The van der Waals surface area contributed by atoms with E-state index < -0.39 is 0 Å². The Morgan fingerprint density at radius 3 is 2.82 bits per heavy atom. The zero-order valence-corrected chi connectivity index (χ0v) is 12.7. The fourth-order valence-corrected chi connectivity index (χ4v) is 2.82. The summed E-state index contributed by atoms with van der Waals surface area (Å²) in [4.78, 5) is 11.6. The maximum Gasteiger partial charge on any atom is 0.226 e. The second-order valence-electron chi connectivity index (χ2n) is 5.93. The van der Waals surface area contributed by atoms with Gasteiger partial charge >= 0.3 is 0 Å². The molecule has 6 heteroatoms. The van der Waals surface area contributed by atoms with E-state index in [1.54, 1.807) is 10.8 Å². The summed E-state index contributed by atoms with van der Waals surface area (Å²) in [5.74, 6) is 0.804. The van der Waals surface area contributed by atoms with Gasteiger partial charge in [0.15, 0.2) is 0 Å². The Morgan fingerprint density at radius 2 is 2.05 bits per heavy atom. The molecule has 0 saturated heterocycles. The number of aromatic nitrogens is 5. The summed E-state index contributed by atoms with van der Waals surface area (Å²) < 4.78 is 1.62. The fraction of sp³-hybridized carbons (Fsp3) is 0.375. The highest BCUT2D eigenvalue weighted by Crippen LogP contribution is 2.32. The van der Waals surface area contributed by atoms with E-state index in [4.69, 9.17) is 4.98 Å². The average molecular weight is 294 g/mol. The topological polar surface area (TPSA) is 59.2 Å². The molecule has 0 unspecified atom stereocenters. The van der Waals surface area contributed by atoms with Crippen molar-refractivity contribution >= 4 is 11.5 Å². The highest BCUT2D eigenvalue weighted by Gasteiger charge is 2.32. The minimum atomic E-state index is 0.397. The van der Waals surface area contributed by atoms with E-state index in [1.807, 2.05) is 30.6 Å². The zero-order chi connectivity index (χ0) is 15.1. The molecular formula is C16H18N6. The van der Waals surface area contributed by atoms with E-state index in [9.17, 15) is 0 Å². The molecular weight excluding hydrogens is 276 g/mol. The SMILES string of the molecule is CC(C)N(c1nccc(-c2cnn3ncccc23)n1)C1CC1. The molecule has 0 aromatic carbocycles. The highest BCUT2D eigenvalue weighted by molar-refractivity contribution is 5.77. The third-order valence-corrected chi connectivity index (χ3v) is 3.95. The Bertz CT molecular complexity index is 803. The summed E-state index contributed by atoms with van der Waals surface area (Å²) in [7, 11) is 0. The summed E-state index contributed by atoms with van der Waals surface area (Å²) in [5, 5.41) is 8.49. The molecule has 22 heavy (non-hydrogen) atoms. The lowest BCUT2D eigenvalue weighted by Crippen LogP contribution is -2.34. The van der Waals surface area contributed by atoms with Crippen molar-refractivity contribution in [1.29, 1.82) is 0 Å². The van der Waals surface area contributed by atoms with Gasteiger partial charge in [-0.1, -0.05) is 0 Å². The Morgan fingerprint density at radius 1 is 1.18 bits per heavy atom. The number of hydrogen-bond donors (Lipinski definition) is 0. The van der Waals surface area contributed by atoms with Crippen LogP contribution in [0.15, 0.2) is 36.8 Å². The molecule has 6 nitrogen and oxygen atoms in total. The maximum absolute atomic E-state index is 4.78. The summed E-state index contributed by atoms with van der Waals surface area (Å²) in [6.07, 6.45) is 7.82. The Labute approximate surface area is 128 Å². The van der Waals surface area contributed by atoms with Crippen LogP contribution in [0.3, 0.4) is 0 Å². The lowest BCUT2D eigenvalue weighted by atomic mass is 10.2. The lowest BCUT2D eigenvalue weighted by Gasteiger charge is -2.26. The average Bonchev–Trinajstić information content (AvgIpc) is 3.25. The molecule has 0 spiro atoms. The quantitative estimate of drug-likeness (QED) is 0.740. The van der Waals surface area contributed by atoms with Crippen molar-refractivity contribution in [3.05, 3.63) is 36.8 Å². The number of anilines is 1. The van der Waals surface area contributed by atoms with Gasteiger partial charge in [-0.05, 0) is 44.9 Å². The molecule has 1 fully saturated rings. The maximum atomic E-state index is 4.78. The molecule has 0 radical (unpaired) electrons. The van der Waals surface area contributed by atoms with Crippen molar-refractivity contribution in [2.45, 2.75) is 38.8 Å². The minimum Gasteiger partial charge on any atom is -0.335 e. The van der Waals surface area contributed by atoms with Crippen molar-refractivity contribution in [2.24, 2.45) is 0 Å². The number of hydrogen-bond acceptors (Lipinski definition) is 5. The van der Waals surface area contributed by atoms with Crippen LogP contribution in [0.25, 0.3) is 16.8 Å². The van der Waals surface area contributed by atoms with Gasteiger partial charge in [-0.2, -0.15) is 14.8 Å². The van der Waals surface area contributed by atoms with Crippen LogP contribution in [0.2, 0.25) is 0 Å². The van der Waals surface area contributed by atoms with Gasteiger partial charge in [0.25, 0.3) is 0 Å². The Balaban J connectivity index is 1.78. The van der Waals surface area contributed by atoms with E-state index in [1.165, 1.54) is 12.8 Å². The lowest BCUT2D eigenvalue weighted by molar-refractivity contribution is 0.658.